The summed E-state index contributed by atoms with van der Waals surface area (Å²) in [5.74, 6) is 3.41. The van der Waals surface area contributed by atoms with Crippen LogP contribution in [0.5, 0.6) is 23.0 Å². The van der Waals surface area contributed by atoms with E-state index in [4.69, 9.17) is 18.9 Å². The number of ether oxygens (including phenoxy) is 4. The maximum Gasteiger partial charge on any atom is 0.234 e. The van der Waals surface area contributed by atoms with E-state index in [0.717, 1.165) is 30.0 Å². The summed E-state index contributed by atoms with van der Waals surface area (Å²) >= 11 is 0. The maximum atomic E-state index is 6.00. The first-order chi connectivity index (χ1) is 17.7. The van der Waals surface area contributed by atoms with Crippen molar-refractivity contribution in [1.29, 1.82) is 0 Å². The highest BCUT2D eigenvalue weighted by Gasteiger charge is 2.23. The quantitative estimate of drug-likeness (QED) is 0.355. The minimum Gasteiger partial charge on any atom is -0.493 e. The number of nitrogens with zero attached hydrogens (tertiary/aromatic N) is 4. The molecule has 0 spiro atoms. The zero-order valence-corrected chi connectivity index (χ0v) is 20.4. The van der Waals surface area contributed by atoms with Crippen LogP contribution in [0.2, 0.25) is 0 Å². The Balaban J connectivity index is 1.33. The van der Waals surface area contributed by atoms with Crippen molar-refractivity contribution in [2.24, 2.45) is 0 Å². The van der Waals surface area contributed by atoms with E-state index in [2.05, 4.69) is 49.4 Å². The maximum absolute atomic E-state index is 6.00. The van der Waals surface area contributed by atoms with E-state index in [1.54, 1.807) is 33.5 Å². The first-order valence-corrected chi connectivity index (χ1v) is 11.5. The molecule has 1 aliphatic rings. The van der Waals surface area contributed by atoms with E-state index >= 15 is 0 Å². The minimum atomic E-state index is 0.408. The second-order valence-corrected chi connectivity index (χ2v) is 8.11. The van der Waals surface area contributed by atoms with Gasteiger partial charge in [0.1, 0.15) is 18.7 Å². The van der Waals surface area contributed by atoms with E-state index in [0.29, 0.717) is 41.4 Å². The fourth-order valence-corrected chi connectivity index (χ4v) is 4.18. The Bertz CT molecular complexity index is 1320. The lowest BCUT2D eigenvalue weighted by Gasteiger charge is -2.18. The molecule has 9 heteroatoms. The molecular weight excluding hydrogens is 458 g/mol. The zero-order chi connectivity index (χ0) is 24.9. The summed E-state index contributed by atoms with van der Waals surface area (Å²) in [7, 11) is 4.72. The van der Waals surface area contributed by atoms with Crippen LogP contribution in [-0.2, 0) is 13.0 Å². The Hall–Kier alpha value is -4.53. The van der Waals surface area contributed by atoms with Gasteiger partial charge < -0.3 is 29.2 Å². The van der Waals surface area contributed by atoms with Gasteiger partial charge in [-0.3, -0.25) is 0 Å². The minimum absolute atomic E-state index is 0.408. The van der Waals surface area contributed by atoms with Gasteiger partial charge in [0.25, 0.3) is 0 Å². The molecule has 1 aliphatic heterocycles. The van der Waals surface area contributed by atoms with Gasteiger partial charge >= 0.3 is 0 Å². The number of aromatic nitrogens is 3. The third-order valence-electron chi connectivity index (χ3n) is 5.92. The van der Waals surface area contributed by atoms with Crippen LogP contribution >= 0.6 is 0 Å². The van der Waals surface area contributed by atoms with Gasteiger partial charge in [0.05, 0.1) is 21.3 Å². The lowest BCUT2D eigenvalue weighted by Crippen LogP contribution is -2.17. The molecule has 1 aromatic heterocycles. The molecule has 0 fully saturated rings. The lowest BCUT2D eigenvalue weighted by atomic mass is 10.1. The van der Waals surface area contributed by atoms with Crippen LogP contribution in [0, 0.1) is 0 Å². The molecule has 0 saturated carbocycles. The molecule has 0 unspecified atom stereocenters. The van der Waals surface area contributed by atoms with Gasteiger partial charge in [-0.1, -0.05) is 30.3 Å². The predicted molar refractivity (Wildman–Crippen MR) is 137 cm³/mol. The summed E-state index contributed by atoms with van der Waals surface area (Å²) in [6.45, 7) is 1.30. The highest BCUT2D eigenvalue weighted by molar-refractivity contribution is 5.69. The molecule has 0 amide bonds. The van der Waals surface area contributed by atoms with E-state index in [1.165, 1.54) is 11.9 Å². The topological polar surface area (TPSA) is 90.9 Å². The second kappa shape index (κ2) is 10.4. The second-order valence-electron chi connectivity index (χ2n) is 8.11. The average Bonchev–Trinajstić information content (AvgIpc) is 3.35. The number of methoxy groups -OCH3 is 3. The molecular formula is C27H27N5O4. The van der Waals surface area contributed by atoms with Crippen molar-refractivity contribution in [3.63, 3.8) is 0 Å². The van der Waals surface area contributed by atoms with Crippen molar-refractivity contribution < 1.29 is 18.9 Å². The molecule has 1 N–H and O–H groups in total. The number of anilines is 4. The molecule has 3 aromatic carbocycles. The van der Waals surface area contributed by atoms with Crippen molar-refractivity contribution in [1.82, 2.24) is 15.0 Å². The van der Waals surface area contributed by atoms with Crippen LogP contribution in [0.3, 0.4) is 0 Å². The largest absolute Gasteiger partial charge is 0.493 e. The fourth-order valence-electron chi connectivity index (χ4n) is 4.18. The Morgan fingerprint density at radius 3 is 2.39 bits per heavy atom. The standard InChI is InChI=1S/C27H27N5O4/c1-33-23-14-20(15-24(34-2)25(23)35-3)30-26-28-17-29-27(31-26)32-12-11-19-13-21(9-10-22(19)32)36-16-18-7-5-4-6-8-18/h4-10,13-15,17H,11-12,16H2,1-3H3,(H,28,29,30,31). The number of hydrogen-bond acceptors (Lipinski definition) is 9. The molecule has 9 nitrogen and oxygen atoms in total. The van der Waals surface area contributed by atoms with Gasteiger partial charge in [0, 0.05) is 30.1 Å². The monoisotopic (exact) mass is 485 g/mol. The first kappa shape index (κ1) is 23.2. The smallest absolute Gasteiger partial charge is 0.234 e. The summed E-state index contributed by atoms with van der Waals surface area (Å²) in [6, 6.07) is 19.9. The normalized spacial score (nSPS) is 12.1. The fraction of sp³-hybridized carbons (Fsp3) is 0.222. The van der Waals surface area contributed by atoms with Crippen LogP contribution in [0.15, 0.2) is 67.0 Å². The highest BCUT2D eigenvalue weighted by atomic mass is 16.5. The highest BCUT2D eigenvalue weighted by Crippen LogP contribution is 2.40. The Labute approximate surface area is 209 Å². The van der Waals surface area contributed by atoms with Crippen LogP contribution < -0.4 is 29.2 Å². The summed E-state index contributed by atoms with van der Waals surface area (Å²) in [4.78, 5) is 15.4. The van der Waals surface area contributed by atoms with E-state index in [1.807, 2.05) is 24.3 Å². The SMILES string of the molecule is COc1cc(Nc2ncnc(N3CCc4cc(OCc5ccccc5)ccc43)n2)cc(OC)c1OC. The molecule has 36 heavy (non-hydrogen) atoms. The van der Waals surface area contributed by atoms with E-state index in [9.17, 15) is 0 Å². The third kappa shape index (κ3) is 4.81. The van der Waals surface area contributed by atoms with Gasteiger partial charge in [-0.25, -0.2) is 9.97 Å². The summed E-state index contributed by atoms with van der Waals surface area (Å²) < 4.78 is 22.3. The number of fused-ring (bicyclic) bond motifs is 1. The van der Waals surface area contributed by atoms with E-state index in [-0.39, 0.29) is 0 Å². The van der Waals surface area contributed by atoms with Gasteiger partial charge in [-0.2, -0.15) is 4.98 Å². The Morgan fingerprint density at radius 1 is 0.889 bits per heavy atom. The Kier molecular flexibility index (Phi) is 6.70. The van der Waals surface area contributed by atoms with Crippen molar-refractivity contribution in [2.45, 2.75) is 13.0 Å². The number of nitrogens with one attached hydrogen (secondary N) is 1. The Morgan fingerprint density at radius 2 is 1.67 bits per heavy atom. The zero-order valence-electron chi connectivity index (χ0n) is 20.4. The molecule has 0 radical (unpaired) electrons. The third-order valence-corrected chi connectivity index (χ3v) is 5.92. The summed E-state index contributed by atoms with van der Waals surface area (Å²) in [6.07, 6.45) is 2.37. The molecule has 184 valence electrons. The van der Waals surface area contributed by atoms with E-state index < -0.39 is 0 Å². The van der Waals surface area contributed by atoms with Crippen molar-refractivity contribution >= 4 is 23.3 Å². The van der Waals surface area contributed by atoms with Gasteiger partial charge in [-0.05, 0) is 35.7 Å². The van der Waals surface area contributed by atoms with Crippen LogP contribution in [0.4, 0.5) is 23.3 Å². The van der Waals surface area contributed by atoms with Gasteiger partial charge in [0.2, 0.25) is 17.6 Å². The number of benzene rings is 3. The predicted octanol–water partition coefficient (Wildman–Crippen LogP) is 4.91. The van der Waals surface area contributed by atoms with Gasteiger partial charge in [-0.15, -0.1) is 0 Å². The molecule has 5 rings (SSSR count). The molecule has 0 aliphatic carbocycles. The number of hydrogen-bond donors (Lipinski definition) is 1. The lowest BCUT2D eigenvalue weighted by molar-refractivity contribution is 0.306. The van der Waals surface area contributed by atoms with Crippen molar-refractivity contribution in [2.75, 3.05) is 38.1 Å². The first-order valence-electron chi connectivity index (χ1n) is 11.5. The average molecular weight is 486 g/mol. The molecule has 0 saturated heterocycles. The molecule has 0 bridgehead atoms. The van der Waals surface area contributed by atoms with Crippen LogP contribution in [0.1, 0.15) is 11.1 Å². The molecule has 4 aromatic rings. The number of rotatable bonds is 9. The summed E-state index contributed by atoms with van der Waals surface area (Å²) in [5, 5.41) is 3.21. The van der Waals surface area contributed by atoms with Crippen molar-refractivity contribution in [3.05, 3.63) is 78.1 Å². The molecule has 2 heterocycles. The van der Waals surface area contributed by atoms with Gasteiger partial charge in [0.15, 0.2) is 11.5 Å². The van der Waals surface area contributed by atoms with Crippen LogP contribution in [0.25, 0.3) is 0 Å². The summed E-state index contributed by atoms with van der Waals surface area (Å²) in [5.41, 5.74) is 4.09. The van der Waals surface area contributed by atoms with Crippen LogP contribution in [-0.4, -0.2) is 42.8 Å². The van der Waals surface area contributed by atoms with Crippen molar-refractivity contribution in [3.8, 4) is 23.0 Å². The molecule has 0 atom stereocenters.